The topological polar surface area (TPSA) is 34.9 Å². The largest absolute Gasteiger partial charge is 0.330 e. The van der Waals surface area contributed by atoms with Crippen molar-refractivity contribution in [2.75, 3.05) is 0 Å². The van der Waals surface area contributed by atoms with Crippen molar-refractivity contribution in [2.45, 2.75) is 20.4 Å². The van der Waals surface area contributed by atoms with Gasteiger partial charge < -0.3 is 4.57 Å². The van der Waals surface area contributed by atoms with Crippen molar-refractivity contribution in [1.82, 2.24) is 9.55 Å². The number of nitrogens with zero attached hydrogens (tertiary/aromatic N) is 2. The molecule has 0 saturated heterocycles. The molecule has 2 aromatic rings. The fourth-order valence-electron chi connectivity index (χ4n) is 1.67. The van der Waals surface area contributed by atoms with Gasteiger partial charge in [0.15, 0.2) is 5.78 Å². The second kappa shape index (κ2) is 5.12. The van der Waals surface area contributed by atoms with E-state index in [2.05, 4.69) is 4.98 Å². The van der Waals surface area contributed by atoms with Crippen LogP contribution in [0.15, 0.2) is 24.4 Å². The number of halogens is 2. The van der Waals surface area contributed by atoms with E-state index in [0.29, 0.717) is 22.3 Å². The Hall–Kier alpha value is -1.32. The van der Waals surface area contributed by atoms with Gasteiger partial charge in [0.2, 0.25) is 0 Å². The number of carbonyl (C=O) groups is 1. The molecule has 2 rings (SSSR count). The van der Waals surface area contributed by atoms with Crippen LogP contribution in [0.25, 0.3) is 0 Å². The van der Waals surface area contributed by atoms with Crippen molar-refractivity contribution >= 4 is 29.0 Å². The number of aryl methyl sites for hydroxylation is 1. The van der Waals surface area contributed by atoms with Gasteiger partial charge in [0, 0.05) is 19.7 Å². The van der Waals surface area contributed by atoms with Crippen molar-refractivity contribution in [2.24, 2.45) is 0 Å². The molecule has 0 bridgehead atoms. The van der Waals surface area contributed by atoms with Crippen LogP contribution in [0.1, 0.15) is 28.8 Å². The first-order valence-electron chi connectivity index (χ1n) is 5.46. The minimum absolute atomic E-state index is 0.0361. The van der Waals surface area contributed by atoms with Crippen molar-refractivity contribution in [3.63, 3.8) is 0 Å². The molecule has 0 spiro atoms. The lowest BCUT2D eigenvalue weighted by Gasteiger charge is -2.06. The summed E-state index contributed by atoms with van der Waals surface area (Å²) in [6.07, 6.45) is 1.75. The number of hydrogen-bond acceptors (Lipinski definition) is 2. The van der Waals surface area contributed by atoms with Crippen LogP contribution in [0.3, 0.4) is 0 Å². The van der Waals surface area contributed by atoms with Gasteiger partial charge in [-0.2, -0.15) is 0 Å². The highest BCUT2D eigenvalue weighted by Gasteiger charge is 2.08. The van der Waals surface area contributed by atoms with E-state index in [4.69, 9.17) is 23.2 Å². The number of hydrogen-bond donors (Lipinski definition) is 0. The molecule has 0 fully saturated rings. The van der Waals surface area contributed by atoms with Gasteiger partial charge >= 0.3 is 0 Å². The first-order valence-corrected chi connectivity index (χ1v) is 6.21. The van der Waals surface area contributed by atoms with Crippen molar-refractivity contribution in [3.05, 3.63) is 51.5 Å². The third-order valence-electron chi connectivity index (χ3n) is 2.67. The fourth-order valence-corrected chi connectivity index (χ4v) is 1.99. The monoisotopic (exact) mass is 282 g/mol. The number of carbonyl (C=O) groups excluding carboxylic acids is 1. The van der Waals surface area contributed by atoms with Crippen LogP contribution < -0.4 is 0 Å². The molecule has 0 N–H and O–H groups in total. The molecule has 1 aromatic heterocycles. The molecule has 0 unspecified atom stereocenters. The predicted octanol–water partition coefficient (Wildman–Crippen LogP) is 3.75. The highest BCUT2D eigenvalue weighted by molar-refractivity contribution is 6.42. The van der Waals surface area contributed by atoms with E-state index in [-0.39, 0.29) is 5.78 Å². The van der Waals surface area contributed by atoms with Gasteiger partial charge in [0.05, 0.1) is 10.0 Å². The minimum atomic E-state index is -0.0361. The first-order chi connectivity index (χ1) is 8.47. The van der Waals surface area contributed by atoms with Crippen LogP contribution in [-0.4, -0.2) is 15.3 Å². The standard InChI is InChI=1S/C13H12Cl2N2O/c1-8(18)13-7-17(9(2)16-13)6-10-3-4-11(14)12(15)5-10/h3-5,7H,6H2,1-2H3. The van der Waals surface area contributed by atoms with E-state index in [0.717, 1.165) is 11.4 Å². The van der Waals surface area contributed by atoms with Crippen LogP contribution in [0.4, 0.5) is 0 Å². The molecule has 0 amide bonds. The Morgan fingerprint density at radius 1 is 1.33 bits per heavy atom. The lowest BCUT2D eigenvalue weighted by molar-refractivity contribution is 0.101. The van der Waals surface area contributed by atoms with E-state index in [9.17, 15) is 4.79 Å². The Balaban J connectivity index is 2.28. The second-order valence-corrected chi connectivity index (χ2v) is 4.92. The van der Waals surface area contributed by atoms with Crippen LogP contribution in [-0.2, 0) is 6.54 Å². The molecule has 0 aliphatic rings. The fraction of sp³-hybridized carbons (Fsp3) is 0.231. The molecule has 18 heavy (non-hydrogen) atoms. The zero-order chi connectivity index (χ0) is 13.3. The number of imidazole rings is 1. The molecule has 0 aliphatic carbocycles. The first kappa shape index (κ1) is 13.1. The van der Waals surface area contributed by atoms with E-state index in [1.807, 2.05) is 23.6 Å². The maximum atomic E-state index is 11.2. The summed E-state index contributed by atoms with van der Waals surface area (Å²) < 4.78 is 1.91. The summed E-state index contributed by atoms with van der Waals surface area (Å²) in [5.74, 6) is 0.761. The molecule has 0 saturated carbocycles. The summed E-state index contributed by atoms with van der Waals surface area (Å²) in [7, 11) is 0. The number of benzene rings is 1. The summed E-state index contributed by atoms with van der Waals surface area (Å²) in [5.41, 5.74) is 1.49. The Kier molecular flexibility index (Phi) is 3.73. The average molecular weight is 283 g/mol. The average Bonchev–Trinajstić information content (AvgIpc) is 2.66. The molecule has 0 atom stereocenters. The van der Waals surface area contributed by atoms with E-state index in [1.165, 1.54) is 6.92 Å². The SMILES string of the molecule is CC(=O)c1cn(Cc2ccc(Cl)c(Cl)c2)c(C)n1. The van der Waals surface area contributed by atoms with Gasteiger partial charge in [-0.05, 0) is 24.6 Å². The Bertz CT molecular complexity index is 605. The number of ketones is 1. The van der Waals surface area contributed by atoms with Gasteiger partial charge in [-0.1, -0.05) is 29.3 Å². The van der Waals surface area contributed by atoms with Gasteiger partial charge in [0.25, 0.3) is 0 Å². The van der Waals surface area contributed by atoms with Crippen molar-refractivity contribution in [3.8, 4) is 0 Å². The van der Waals surface area contributed by atoms with Crippen LogP contribution in [0, 0.1) is 6.92 Å². The smallest absolute Gasteiger partial charge is 0.179 e. The zero-order valence-corrected chi connectivity index (χ0v) is 11.6. The molecule has 3 nitrogen and oxygen atoms in total. The van der Waals surface area contributed by atoms with Gasteiger partial charge in [-0.3, -0.25) is 4.79 Å². The van der Waals surface area contributed by atoms with Crippen LogP contribution in [0.2, 0.25) is 10.0 Å². The van der Waals surface area contributed by atoms with Crippen molar-refractivity contribution < 1.29 is 4.79 Å². The van der Waals surface area contributed by atoms with Crippen LogP contribution in [0.5, 0.6) is 0 Å². The van der Waals surface area contributed by atoms with Gasteiger partial charge in [-0.25, -0.2) is 4.98 Å². The van der Waals surface area contributed by atoms with E-state index < -0.39 is 0 Å². The Labute approximate surface area is 115 Å². The maximum absolute atomic E-state index is 11.2. The summed E-state index contributed by atoms with van der Waals surface area (Å²) in [6, 6.07) is 5.48. The molecule has 0 radical (unpaired) electrons. The lowest BCUT2D eigenvalue weighted by atomic mass is 10.2. The number of Topliss-reactive ketones (excluding diaryl/α,β-unsaturated/α-hetero) is 1. The summed E-state index contributed by atoms with van der Waals surface area (Å²) in [5, 5.41) is 1.06. The number of aromatic nitrogens is 2. The van der Waals surface area contributed by atoms with Gasteiger partial charge in [0.1, 0.15) is 11.5 Å². The molecule has 1 heterocycles. The molecule has 1 aromatic carbocycles. The zero-order valence-electron chi connectivity index (χ0n) is 10.1. The summed E-state index contributed by atoms with van der Waals surface area (Å²) >= 11 is 11.8. The lowest BCUT2D eigenvalue weighted by Crippen LogP contribution is -2.00. The quantitative estimate of drug-likeness (QED) is 0.804. The summed E-state index contributed by atoms with van der Waals surface area (Å²) in [6.45, 7) is 3.98. The maximum Gasteiger partial charge on any atom is 0.179 e. The molecule has 94 valence electrons. The molecular weight excluding hydrogens is 271 g/mol. The van der Waals surface area contributed by atoms with Crippen molar-refractivity contribution in [1.29, 1.82) is 0 Å². The summed E-state index contributed by atoms with van der Waals surface area (Å²) in [4.78, 5) is 15.4. The third kappa shape index (κ3) is 2.74. The van der Waals surface area contributed by atoms with E-state index >= 15 is 0 Å². The molecular formula is C13H12Cl2N2O. The third-order valence-corrected chi connectivity index (χ3v) is 3.41. The predicted molar refractivity (Wildman–Crippen MR) is 72.5 cm³/mol. The van der Waals surface area contributed by atoms with E-state index in [1.54, 1.807) is 12.3 Å². The second-order valence-electron chi connectivity index (χ2n) is 4.11. The normalized spacial score (nSPS) is 10.7. The minimum Gasteiger partial charge on any atom is -0.330 e. The highest BCUT2D eigenvalue weighted by Crippen LogP contribution is 2.23. The highest BCUT2D eigenvalue weighted by atomic mass is 35.5. The van der Waals surface area contributed by atoms with Gasteiger partial charge in [-0.15, -0.1) is 0 Å². The molecule has 0 aliphatic heterocycles. The molecule has 5 heteroatoms. The number of rotatable bonds is 3. The van der Waals surface area contributed by atoms with Crippen LogP contribution >= 0.6 is 23.2 Å². The Morgan fingerprint density at radius 2 is 2.06 bits per heavy atom. The Morgan fingerprint density at radius 3 is 2.61 bits per heavy atom.